The number of aromatic amines is 1. The van der Waals surface area contributed by atoms with Crippen LogP contribution in [0.25, 0.3) is 28.2 Å². The monoisotopic (exact) mass is 309 g/mol. The summed E-state index contributed by atoms with van der Waals surface area (Å²) in [6.45, 7) is 1.94. The van der Waals surface area contributed by atoms with E-state index in [4.69, 9.17) is 11.6 Å². The zero-order valence-electron chi connectivity index (χ0n) is 11.8. The third-order valence-corrected chi connectivity index (χ3v) is 3.72. The average Bonchev–Trinajstić information content (AvgIpc) is 3.12. The van der Waals surface area contributed by atoms with E-state index in [1.807, 2.05) is 49.5 Å². The van der Waals surface area contributed by atoms with E-state index in [0.29, 0.717) is 5.02 Å². The Bertz CT molecular complexity index is 970. The molecule has 0 aliphatic carbocycles. The molecule has 6 heteroatoms. The van der Waals surface area contributed by atoms with Crippen LogP contribution in [-0.4, -0.2) is 24.6 Å². The van der Waals surface area contributed by atoms with Crippen molar-refractivity contribution in [3.63, 3.8) is 0 Å². The largest absolute Gasteiger partial charge is 0.342 e. The second-order valence-corrected chi connectivity index (χ2v) is 5.47. The standard InChI is InChI=1S/C16H12ClN5/c1-10-20-15(11-3-2-4-13(17)7-11)16(21-10)12-5-6-14-18-9-19-22(14)8-12/h2-9H,1H3,(H,20,21). The number of rotatable bonds is 2. The van der Waals surface area contributed by atoms with E-state index in [1.165, 1.54) is 6.33 Å². The van der Waals surface area contributed by atoms with Crippen molar-refractivity contribution in [1.29, 1.82) is 0 Å². The van der Waals surface area contributed by atoms with E-state index >= 15 is 0 Å². The van der Waals surface area contributed by atoms with Crippen molar-refractivity contribution in [1.82, 2.24) is 24.6 Å². The van der Waals surface area contributed by atoms with Gasteiger partial charge < -0.3 is 4.98 Å². The van der Waals surface area contributed by atoms with E-state index in [1.54, 1.807) is 4.52 Å². The first kappa shape index (κ1) is 13.0. The van der Waals surface area contributed by atoms with Gasteiger partial charge in [-0.25, -0.2) is 14.5 Å². The number of hydrogen-bond donors (Lipinski definition) is 1. The predicted octanol–water partition coefficient (Wildman–Crippen LogP) is 3.75. The maximum atomic E-state index is 6.10. The molecule has 22 heavy (non-hydrogen) atoms. The molecule has 1 N–H and O–H groups in total. The molecule has 0 aliphatic rings. The van der Waals surface area contributed by atoms with Gasteiger partial charge in [-0.05, 0) is 31.2 Å². The lowest BCUT2D eigenvalue weighted by molar-refractivity contribution is 0.962. The zero-order chi connectivity index (χ0) is 15.1. The molecule has 0 aliphatic heterocycles. The molecule has 4 aromatic rings. The molecule has 4 rings (SSSR count). The van der Waals surface area contributed by atoms with Gasteiger partial charge in [0, 0.05) is 22.3 Å². The Hall–Kier alpha value is -2.66. The topological polar surface area (TPSA) is 58.9 Å². The highest BCUT2D eigenvalue weighted by Gasteiger charge is 2.13. The third kappa shape index (κ3) is 2.16. The number of halogens is 1. The van der Waals surface area contributed by atoms with E-state index in [0.717, 1.165) is 34.0 Å². The van der Waals surface area contributed by atoms with Crippen LogP contribution in [-0.2, 0) is 0 Å². The summed E-state index contributed by atoms with van der Waals surface area (Å²) in [4.78, 5) is 12.1. The number of nitrogens with zero attached hydrogens (tertiary/aromatic N) is 4. The number of aromatic nitrogens is 5. The van der Waals surface area contributed by atoms with Gasteiger partial charge in [-0.2, -0.15) is 5.10 Å². The summed E-state index contributed by atoms with van der Waals surface area (Å²) >= 11 is 6.10. The molecule has 0 amide bonds. The van der Waals surface area contributed by atoms with Gasteiger partial charge in [-0.1, -0.05) is 23.7 Å². The Kier molecular flexibility index (Phi) is 2.94. The zero-order valence-corrected chi connectivity index (χ0v) is 12.5. The van der Waals surface area contributed by atoms with Crippen LogP contribution in [0, 0.1) is 6.92 Å². The first-order chi connectivity index (χ1) is 10.7. The molecule has 0 radical (unpaired) electrons. The summed E-state index contributed by atoms with van der Waals surface area (Å²) in [6, 6.07) is 11.6. The minimum absolute atomic E-state index is 0.691. The van der Waals surface area contributed by atoms with Crippen LogP contribution in [0.2, 0.25) is 5.02 Å². The maximum absolute atomic E-state index is 6.10. The van der Waals surface area contributed by atoms with Crippen LogP contribution < -0.4 is 0 Å². The third-order valence-electron chi connectivity index (χ3n) is 3.48. The number of H-pyrrole nitrogens is 1. The second kappa shape index (κ2) is 4.96. The van der Waals surface area contributed by atoms with Crippen LogP contribution >= 0.6 is 11.6 Å². The first-order valence-electron chi connectivity index (χ1n) is 6.83. The highest BCUT2D eigenvalue weighted by Crippen LogP contribution is 2.31. The minimum Gasteiger partial charge on any atom is -0.342 e. The van der Waals surface area contributed by atoms with Gasteiger partial charge >= 0.3 is 0 Å². The van der Waals surface area contributed by atoms with Crippen LogP contribution in [0.15, 0.2) is 48.9 Å². The van der Waals surface area contributed by atoms with Crippen molar-refractivity contribution >= 4 is 17.2 Å². The summed E-state index contributed by atoms with van der Waals surface area (Å²) in [5.41, 5.74) is 4.60. The fraction of sp³-hybridized carbons (Fsp3) is 0.0625. The lowest BCUT2D eigenvalue weighted by Gasteiger charge is -2.04. The van der Waals surface area contributed by atoms with Gasteiger partial charge in [0.25, 0.3) is 0 Å². The number of pyridine rings is 1. The van der Waals surface area contributed by atoms with Crippen LogP contribution in [0.4, 0.5) is 0 Å². The van der Waals surface area contributed by atoms with Crippen LogP contribution in [0.5, 0.6) is 0 Å². The summed E-state index contributed by atoms with van der Waals surface area (Å²) in [7, 11) is 0. The molecule has 3 aromatic heterocycles. The Labute approximate surface area is 131 Å². The Morgan fingerprint density at radius 2 is 2.05 bits per heavy atom. The molecule has 1 aromatic carbocycles. The van der Waals surface area contributed by atoms with Crippen molar-refractivity contribution in [2.24, 2.45) is 0 Å². The molecule has 108 valence electrons. The van der Waals surface area contributed by atoms with Gasteiger partial charge in [-0.15, -0.1) is 0 Å². The summed E-state index contributed by atoms with van der Waals surface area (Å²) in [5.74, 6) is 0.851. The smallest absolute Gasteiger partial charge is 0.155 e. The highest BCUT2D eigenvalue weighted by atomic mass is 35.5. The fourth-order valence-corrected chi connectivity index (χ4v) is 2.70. The molecular weight excluding hydrogens is 298 g/mol. The van der Waals surface area contributed by atoms with Gasteiger partial charge in [0.1, 0.15) is 12.2 Å². The van der Waals surface area contributed by atoms with Gasteiger partial charge in [0.15, 0.2) is 5.65 Å². The van der Waals surface area contributed by atoms with E-state index < -0.39 is 0 Å². The summed E-state index contributed by atoms with van der Waals surface area (Å²) in [5, 5.41) is 4.87. The maximum Gasteiger partial charge on any atom is 0.155 e. The quantitative estimate of drug-likeness (QED) is 0.613. The SMILES string of the molecule is Cc1nc(-c2cccc(Cl)c2)c(-c2ccc3ncnn3c2)[nH]1. The average molecular weight is 310 g/mol. The Morgan fingerprint density at radius 3 is 2.91 bits per heavy atom. The molecule has 0 spiro atoms. The first-order valence-corrected chi connectivity index (χ1v) is 7.21. The Balaban J connectivity index is 1.91. The van der Waals surface area contributed by atoms with Gasteiger partial charge in [0.2, 0.25) is 0 Å². The van der Waals surface area contributed by atoms with Crippen molar-refractivity contribution in [3.05, 3.63) is 59.8 Å². The molecular formula is C16H12ClN5. The Morgan fingerprint density at radius 1 is 1.14 bits per heavy atom. The molecule has 0 saturated carbocycles. The number of imidazole rings is 1. The van der Waals surface area contributed by atoms with Crippen molar-refractivity contribution in [2.45, 2.75) is 6.92 Å². The molecule has 0 atom stereocenters. The lowest BCUT2D eigenvalue weighted by atomic mass is 10.1. The number of fused-ring (bicyclic) bond motifs is 1. The molecule has 3 heterocycles. The number of nitrogens with one attached hydrogen (secondary N) is 1. The molecule has 0 bridgehead atoms. The molecule has 0 fully saturated rings. The molecule has 5 nitrogen and oxygen atoms in total. The van der Waals surface area contributed by atoms with Gasteiger partial charge in [-0.3, -0.25) is 0 Å². The van der Waals surface area contributed by atoms with Crippen molar-refractivity contribution in [3.8, 4) is 22.5 Å². The van der Waals surface area contributed by atoms with Crippen LogP contribution in [0.1, 0.15) is 5.82 Å². The fourth-order valence-electron chi connectivity index (χ4n) is 2.51. The molecule has 0 unspecified atom stereocenters. The van der Waals surface area contributed by atoms with Gasteiger partial charge in [0.05, 0.1) is 11.4 Å². The van der Waals surface area contributed by atoms with Crippen LogP contribution in [0.3, 0.4) is 0 Å². The number of aryl methyl sites for hydroxylation is 1. The van der Waals surface area contributed by atoms with E-state index in [-0.39, 0.29) is 0 Å². The lowest BCUT2D eigenvalue weighted by Crippen LogP contribution is -1.90. The normalized spacial score (nSPS) is 11.2. The minimum atomic E-state index is 0.691. The molecule has 0 saturated heterocycles. The highest BCUT2D eigenvalue weighted by molar-refractivity contribution is 6.30. The van der Waals surface area contributed by atoms with E-state index in [9.17, 15) is 0 Å². The predicted molar refractivity (Wildman–Crippen MR) is 85.8 cm³/mol. The van der Waals surface area contributed by atoms with E-state index in [2.05, 4.69) is 20.1 Å². The number of benzene rings is 1. The second-order valence-electron chi connectivity index (χ2n) is 5.04. The summed E-state index contributed by atoms with van der Waals surface area (Å²) in [6.07, 6.45) is 3.47. The number of hydrogen-bond acceptors (Lipinski definition) is 3. The van der Waals surface area contributed by atoms with Crippen molar-refractivity contribution in [2.75, 3.05) is 0 Å². The summed E-state index contributed by atoms with van der Waals surface area (Å²) < 4.78 is 1.74. The van der Waals surface area contributed by atoms with Crippen molar-refractivity contribution < 1.29 is 0 Å².